The van der Waals surface area contributed by atoms with Gasteiger partial charge in [0.05, 0.1) is 0 Å². The second kappa shape index (κ2) is 3.41. The number of rotatable bonds is 2. The van der Waals surface area contributed by atoms with Crippen molar-refractivity contribution in [2.24, 2.45) is 0 Å². The van der Waals surface area contributed by atoms with E-state index in [1.54, 1.807) is 12.2 Å². The van der Waals surface area contributed by atoms with Crippen molar-refractivity contribution in [3.05, 3.63) is 37.0 Å². The summed E-state index contributed by atoms with van der Waals surface area (Å²) in [5.74, 6) is 0. The van der Waals surface area contributed by atoms with Crippen molar-refractivity contribution >= 4 is 0 Å². The smallest absolute Gasteiger partial charge is 0.0398 e. The third-order valence-corrected chi connectivity index (χ3v) is 0.703. The largest absolute Gasteiger partial charge is 0.0991 e. The molecule has 0 atom stereocenters. The van der Waals surface area contributed by atoms with E-state index in [0.717, 1.165) is 5.57 Å². The zero-order chi connectivity index (χ0) is 5.70. The maximum absolute atomic E-state index is 3.56. The fraction of sp³-hybridized carbons (Fsp3) is 0.143. The Morgan fingerprint density at radius 1 is 1.43 bits per heavy atom. The van der Waals surface area contributed by atoms with Crippen LogP contribution >= 0.6 is 0 Å². The van der Waals surface area contributed by atoms with Crippen LogP contribution < -0.4 is 0 Å². The van der Waals surface area contributed by atoms with E-state index in [1.165, 1.54) is 0 Å². The van der Waals surface area contributed by atoms with Gasteiger partial charge in [-0.25, -0.2) is 0 Å². The van der Waals surface area contributed by atoms with Gasteiger partial charge in [-0.3, -0.25) is 0 Å². The van der Waals surface area contributed by atoms with Crippen LogP contribution in [0.25, 0.3) is 0 Å². The molecular formula is C7H10. The average Bonchev–Trinajstić information content (AvgIpc) is 1.68. The van der Waals surface area contributed by atoms with E-state index in [1.807, 2.05) is 13.0 Å². The Kier molecular flexibility index (Phi) is 3.03. The van der Waals surface area contributed by atoms with Crippen LogP contribution in [0.3, 0.4) is 0 Å². The maximum Gasteiger partial charge on any atom is -0.0398 e. The molecule has 0 aliphatic carbocycles. The molecule has 0 heteroatoms. The van der Waals surface area contributed by atoms with Gasteiger partial charge in [0.15, 0.2) is 0 Å². The predicted molar refractivity (Wildman–Crippen MR) is 34.2 cm³/mol. The molecule has 0 aliphatic rings. The van der Waals surface area contributed by atoms with Crippen LogP contribution in [0, 0.1) is 0 Å². The van der Waals surface area contributed by atoms with Gasteiger partial charge in [0.2, 0.25) is 0 Å². The molecule has 7 heavy (non-hydrogen) atoms. The molecule has 0 N–H and O–H groups in total. The Bertz CT molecular complexity index is 96.6. The summed E-state index contributed by atoms with van der Waals surface area (Å²) in [4.78, 5) is 0. The molecule has 0 amide bonds. The quantitative estimate of drug-likeness (QED) is 0.460. The van der Waals surface area contributed by atoms with Gasteiger partial charge in [0, 0.05) is 0 Å². The SMILES string of the molecule is C=CC=C(C)C=C. The molecule has 0 fully saturated rings. The fourth-order valence-corrected chi connectivity index (χ4v) is 0.254. The van der Waals surface area contributed by atoms with Crippen LogP contribution in [0.1, 0.15) is 6.92 Å². The van der Waals surface area contributed by atoms with E-state index in [4.69, 9.17) is 0 Å². The molecule has 0 bridgehead atoms. The molecule has 0 aromatic rings. The summed E-state index contributed by atoms with van der Waals surface area (Å²) in [5.41, 5.74) is 1.15. The minimum atomic E-state index is 1.15. The van der Waals surface area contributed by atoms with Crippen LogP contribution in [0.5, 0.6) is 0 Å². The first kappa shape index (κ1) is 6.22. The lowest BCUT2D eigenvalue weighted by Gasteiger charge is -1.80. The van der Waals surface area contributed by atoms with Crippen LogP contribution in [0.15, 0.2) is 37.0 Å². The lowest BCUT2D eigenvalue weighted by atomic mass is 10.3. The minimum absolute atomic E-state index is 1.15. The predicted octanol–water partition coefficient (Wildman–Crippen LogP) is 2.30. The minimum Gasteiger partial charge on any atom is -0.0991 e. The van der Waals surface area contributed by atoms with E-state index in [-0.39, 0.29) is 0 Å². The van der Waals surface area contributed by atoms with Gasteiger partial charge in [-0.15, -0.1) is 0 Å². The number of allylic oxidation sites excluding steroid dienone is 4. The third-order valence-electron chi connectivity index (χ3n) is 0.703. The standard InChI is InChI=1S/C7H10/c1-4-6-7(3)5-2/h4-6H,1-2H2,3H3. The summed E-state index contributed by atoms with van der Waals surface area (Å²) < 4.78 is 0. The molecule has 0 radical (unpaired) electrons. The molecule has 0 unspecified atom stereocenters. The summed E-state index contributed by atoms with van der Waals surface area (Å²) in [6, 6.07) is 0. The van der Waals surface area contributed by atoms with Gasteiger partial charge in [0.25, 0.3) is 0 Å². The highest BCUT2D eigenvalue weighted by Gasteiger charge is 1.68. The monoisotopic (exact) mass is 94.1 g/mol. The Hall–Kier alpha value is -0.780. The molecule has 0 aliphatic heterocycles. The molecule has 0 rings (SSSR count). The van der Waals surface area contributed by atoms with Crippen LogP contribution in [0.2, 0.25) is 0 Å². The van der Waals surface area contributed by atoms with Crippen molar-refractivity contribution in [2.45, 2.75) is 6.92 Å². The fourth-order valence-electron chi connectivity index (χ4n) is 0.254. The summed E-state index contributed by atoms with van der Waals surface area (Å²) in [7, 11) is 0. The first-order valence-corrected chi connectivity index (χ1v) is 2.23. The van der Waals surface area contributed by atoms with Gasteiger partial charge in [0.1, 0.15) is 0 Å². The van der Waals surface area contributed by atoms with Gasteiger partial charge in [-0.2, -0.15) is 0 Å². The Labute approximate surface area is 44.9 Å². The zero-order valence-corrected chi connectivity index (χ0v) is 4.65. The van der Waals surface area contributed by atoms with Crippen molar-refractivity contribution in [3.8, 4) is 0 Å². The van der Waals surface area contributed by atoms with Crippen LogP contribution in [-0.2, 0) is 0 Å². The molecule has 0 heterocycles. The zero-order valence-electron chi connectivity index (χ0n) is 4.65. The van der Waals surface area contributed by atoms with Gasteiger partial charge < -0.3 is 0 Å². The number of hydrogen-bond acceptors (Lipinski definition) is 0. The molecule has 0 aromatic carbocycles. The number of hydrogen-bond donors (Lipinski definition) is 0. The van der Waals surface area contributed by atoms with Crippen molar-refractivity contribution in [2.75, 3.05) is 0 Å². The van der Waals surface area contributed by atoms with Crippen LogP contribution in [0.4, 0.5) is 0 Å². The first-order chi connectivity index (χ1) is 3.31. The Morgan fingerprint density at radius 3 is 2.14 bits per heavy atom. The second-order valence-electron chi connectivity index (χ2n) is 1.35. The van der Waals surface area contributed by atoms with Gasteiger partial charge in [-0.05, 0) is 6.92 Å². The summed E-state index contributed by atoms with van der Waals surface area (Å²) >= 11 is 0. The molecular weight excluding hydrogens is 84.1 g/mol. The highest BCUT2D eigenvalue weighted by atomic mass is 13.8. The first-order valence-electron chi connectivity index (χ1n) is 2.23. The van der Waals surface area contributed by atoms with Crippen LogP contribution in [-0.4, -0.2) is 0 Å². The molecule has 0 saturated heterocycles. The van der Waals surface area contributed by atoms with E-state index >= 15 is 0 Å². The Balaban J connectivity index is 3.72. The molecule has 0 nitrogen and oxygen atoms in total. The highest BCUT2D eigenvalue weighted by Crippen LogP contribution is 1.90. The van der Waals surface area contributed by atoms with E-state index < -0.39 is 0 Å². The lowest BCUT2D eigenvalue weighted by molar-refractivity contribution is 1.54. The molecule has 0 spiro atoms. The van der Waals surface area contributed by atoms with E-state index in [9.17, 15) is 0 Å². The summed E-state index contributed by atoms with van der Waals surface area (Å²) in [6.45, 7) is 9.07. The second-order valence-corrected chi connectivity index (χ2v) is 1.35. The maximum atomic E-state index is 3.56. The summed E-state index contributed by atoms with van der Waals surface area (Å²) in [5, 5.41) is 0. The van der Waals surface area contributed by atoms with Crippen molar-refractivity contribution in [1.29, 1.82) is 0 Å². The van der Waals surface area contributed by atoms with Gasteiger partial charge in [-0.1, -0.05) is 37.0 Å². The van der Waals surface area contributed by atoms with Crippen molar-refractivity contribution < 1.29 is 0 Å². The topological polar surface area (TPSA) is 0 Å². The highest BCUT2D eigenvalue weighted by molar-refractivity contribution is 5.17. The average molecular weight is 94.2 g/mol. The molecule has 38 valence electrons. The van der Waals surface area contributed by atoms with E-state index in [2.05, 4.69) is 13.2 Å². The third kappa shape index (κ3) is 3.04. The van der Waals surface area contributed by atoms with E-state index in [0.29, 0.717) is 0 Å². The Morgan fingerprint density at radius 2 is 2.00 bits per heavy atom. The lowest BCUT2D eigenvalue weighted by Crippen LogP contribution is -1.58. The molecule has 0 saturated carbocycles. The van der Waals surface area contributed by atoms with Crippen molar-refractivity contribution in [3.63, 3.8) is 0 Å². The van der Waals surface area contributed by atoms with Gasteiger partial charge >= 0.3 is 0 Å². The summed E-state index contributed by atoms with van der Waals surface area (Å²) in [6.07, 6.45) is 5.45. The normalized spacial score (nSPS) is 10.7. The van der Waals surface area contributed by atoms with Crippen molar-refractivity contribution in [1.82, 2.24) is 0 Å². The molecule has 0 aromatic heterocycles.